The minimum absolute atomic E-state index is 0.198. The first-order valence-corrected chi connectivity index (χ1v) is 9.16. The van der Waals surface area contributed by atoms with E-state index in [4.69, 9.17) is 4.42 Å². The van der Waals surface area contributed by atoms with E-state index in [2.05, 4.69) is 5.32 Å². The molecule has 1 aromatic heterocycles. The first-order chi connectivity index (χ1) is 13.9. The number of hydrogen-bond donors (Lipinski definition) is 1. The Kier molecular flexibility index (Phi) is 6.42. The molecule has 0 radical (unpaired) electrons. The highest BCUT2D eigenvalue weighted by atomic mass is 32.2. The fraction of sp³-hybridized carbons (Fsp3) is 0.0476. The minimum Gasteiger partial charge on any atom is -0.457 e. The summed E-state index contributed by atoms with van der Waals surface area (Å²) < 4.78 is 43.3. The van der Waals surface area contributed by atoms with Crippen LogP contribution >= 0.6 is 11.8 Å². The largest absolute Gasteiger partial charge is 0.457 e. The van der Waals surface area contributed by atoms with Gasteiger partial charge in [-0.25, -0.2) is 4.39 Å². The number of rotatable bonds is 6. The third-order valence-corrected chi connectivity index (χ3v) is 4.47. The van der Waals surface area contributed by atoms with Gasteiger partial charge in [-0.15, -0.1) is 0 Å². The van der Waals surface area contributed by atoms with Gasteiger partial charge in [-0.2, -0.15) is 14.0 Å². The molecule has 0 atom stereocenters. The van der Waals surface area contributed by atoms with Gasteiger partial charge < -0.3 is 9.73 Å². The quantitative estimate of drug-likeness (QED) is 0.308. The number of anilines is 1. The number of carbonyl (C=O) groups is 1. The Hall–Kier alpha value is -3.44. The Bertz CT molecular complexity index is 1070. The van der Waals surface area contributed by atoms with Gasteiger partial charge in [-0.05, 0) is 60.7 Å². The lowest BCUT2D eigenvalue weighted by atomic mass is 10.2. The lowest BCUT2D eigenvalue weighted by molar-refractivity contribution is -0.112. The first-order valence-electron chi connectivity index (χ1n) is 8.28. The second kappa shape index (κ2) is 9.17. The van der Waals surface area contributed by atoms with Crippen molar-refractivity contribution in [3.8, 4) is 17.4 Å². The molecule has 8 heteroatoms. The molecule has 1 heterocycles. The van der Waals surface area contributed by atoms with Crippen molar-refractivity contribution in [1.29, 1.82) is 5.26 Å². The number of thioether (sulfide) groups is 1. The monoisotopic (exact) mass is 414 g/mol. The van der Waals surface area contributed by atoms with Gasteiger partial charge in [-0.3, -0.25) is 4.79 Å². The zero-order valence-corrected chi connectivity index (χ0v) is 15.6. The molecule has 0 unspecified atom stereocenters. The van der Waals surface area contributed by atoms with Gasteiger partial charge in [-0.1, -0.05) is 11.8 Å². The predicted octanol–water partition coefficient (Wildman–Crippen LogP) is 5.95. The van der Waals surface area contributed by atoms with Crippen molar-refractivity contribution in [2.45, 2.75) is 10.7 Å². The van der Waals surface area contributed by atoms with E-state index in [0.29, 0.717) is 33.7 Å². The van der Waals surface area contributed by atoms with Crippen molar-refractivity contribution < 1.29 is 22.4 Å². The van der Waals surface area contributed by atoms with E-state index < -0.39 is 11.7 Å². The van der Waals surface area contributed by atoms with E-state index in [1.807, 2.05) is 0 Å². The summed E-state index contributed by atoms with van der Waals surface area (Å²) in [5.41, 5.74) is 0.813. The van der Waals surface area contributed by atoms with Gasteiger partial charge in [0.2, 0.25) is 0 Å². The molecule has 0 fully saturated rings. The second-order valence-corrected chi connectivity index (χ2v) is 6.80. The Morgan fingerprint density at radius 3 is 2.38 bits per heavy atom. The minimum atomic E-state index is -2.53. The van der Waals surface area contributed by atoms with Crippen LogP contribution < -0.4 is 5.32 Å². The normalized spacial score (nSPS) is 11.3. The lowest BCUT2D eigenvalue weighted by Crippen LogP contribution is -2.13. The van der Waals surface area contributed by atoms with Crippen LogP contribution in [0.4, 0.5) is 18.9 Å². The number of nitriles is 1. The predicted molar refractivity (Wildman–Crippen MR) is 105 cm³/mol. The second-order valence-electron chi connectivity index (χ2n) is 5.74. The summed E-state index contributed by atoms with van der Waals surface area (Å²) in [6.45, 7) is 0. The van der Waals surface area contributed by atoms with Crippen LogP contribution in [0, 0.1) is 17.1 Å². The van der Waals surface area contributed by atoms with Crippen LogP contribution in [0.2, 0.25) is 0 Å². The van der Waals surface area contributed by atoms with Crippen molar-refractivity contribution in [3.63, 3.8) is 0 Å². The summed E-state index contributed by atoms with van der Waals surface area (Å²) >= 11 is 0.397. The van der Waals surface area contributed by atoms with Crippen LogP contribution in [0.25, 0.3) is 17.4 Å². The molecule has 29 heavy (non-hydrogen) atoms. The number of hydrogen-bond acceptors (Lipinski definition) is 4. The number of carbonyl (C=O) groups excluding carboxylic acids is 1. The fourth-order valence-electron chi connectivity index (χ4n) is 2.41. The van der Waals surface area contributed by atoms with E-state index >= 15 is 0 Å². The smallest absolute Gasteiger partial charge is 0.288 e. The highest BCUT2D eigenvalue weighted by Gasteiger charge is 2.12. The van der Waals surface area contributed by atoms with Crippen molar-refractivity contribution in [3.05, 3.63) is 77.8 Å². The van der Waals surface area contributed by atoms with E-state index in [0.717, 1.165) is 0 Å². The molecule has 0 saturated carbocycles. The molecule has 0 bridgehead atoms. The molecule has 0 aliphatic heterocycles. The number of furan rings is 1. The topological polar surface area (TPSA) is 66.0 Å². The summed E-state index contributed by atoms with van der Waals surface area (Å²) in [5.74, 6) is -2.83. The Morgan fingerprint density at radius 2 is 1.76 bits per heavy atom. The first kappa shape index (κ1) is 20.3. The molecule has 0 saturated heterocycles. The number of halogens is 3. The van der Waals surface area contributed by atoms with Crippen LogP contribution in [0.3, 0.4) is 0 Å². The highest BCUT2D eigenvalue weighted by Crippen LogP contribution is 2.27. The summed E-state index contributed by atoms with van der Waals surface area (Å²) in [7, 11) is 0. The standard InChI is InChI=1S/C21H13F3N2O2S/c22-15-3-1-13(2-4-15)19-10-7-17(28-19)11-14(12-25)20(27)26-16-5-8-18(9-6-16)29-21(23)24/h1-11,21H,(H,26,27)/b14-11-. The van der Waals surface area contributed by atoms with Gasteiger partial charge in [0.1, 0.15) is 29.0 Å². The van der Waals surface area contributed by atoms with Crippen molar-refractivity contribution >= 4 is 29.4 Å². The van der Waals surface area contributed by atoms with Gasteiger partial charge in [0, 0.05) is 22.2 Å². The van der Waals surface area contributed by atoms with E-state index in [1.54, 1.807) is 30.3 Å². The zero-order chi connectivity index (χ0) is 20.8. The molecule has 4 nitrogen and oxygen atoms in total. The molecular weight excluding hydrogens is 401 g/mol. The van der Waals surface area contributed by atoms with E-state index in [9.17, 15) is 23.2 Å². The van der Waals surface area contributed by atoms with Gasteiger partial charge >= 0.3 is 0 Å². The molecule has 3 aromatic rings. The SMILES string of the molecule is N#C/C(=C/c1ccc(-c2ccc(F)cc2)o1)C(=O)Nc1ccc(SC(F)F)cc1. The average molecular weight is 414 g/mol. The molecule has 3 rings (SSSR count). The average Bonchev–Trinajstić information content (AvgIpc) is 3.16. The fourth-order valence-corrected chi connectivity index (χ4v) is 2.91. The number of nitrogens with zero attached hydrogens (tertiary/aromatic N) is 1. The van der Waals surface area contributed by atoms with Gasteiger partial charge in [0.05, 0.1) is 0 Å². The number of benzene rings is 2. The van der Waals surface area contributed by atoms with Crippen molar-refractivity contribution in [2.75, 3.05) is 5.32 Å². The summed E-state index contributed by atoms with van der Waals surface area (Å²) in [6.07, 6.45) is 1.28. The van der Waals surface area contributed by atoms with Gasteiger partial charge in [0.15, 0.2) is 0 Å². The van der Waals surface area contributed by atoms with Crippen LogP contribution in [0.15, 0.2) is 75.5 Å². The number of alkyl halides is 2. The summed E-state index contributed by atoms with van der Waals surface area (Å²) in [4.78, 5) is 12.7. The van der Waals surface area contributed by atoms with Gasteiger partial charge in [0.25, 0.3) is 11.7 Å². The third kappa shape index (κ3) is 5.53. The molecule has 0 aliphatic carbocycles. The highest BCUT2D eigenvalue weighted by molar-refractivity contribution is 7.99. The maximum Gasteiger partial charge on any atom is 0.288 e. The van der Waals surface area contributed by atoms with Crippen molar-refractivity contribution in [1.82, 2.24) is 0 Å². The lowest BCUT2D eigenvalue weighted by Gasteiger charge is -2.05. The van der Waals surface area contributed by atoms with E-state index in [-0.39, 0.29) is 17.2 Å². The molecular formula is C21H13F3N2O2S. The van der Waals surface area contributed by atoms with E-state index in [1.165, 1.54) is 42.5 Å². The van der Waals surface area contributed by atoms with Crippen LogP contribution in [-0.2, 0) is 4.79 Å². The Labute approximate surface area is 168 Å². The number of nitrogens with one attached hydrogen (secondary N) is 1. The maximum atomic E-state index is 13.0. The molecule has 0 spiro atoms. The number of amides is 1. The molecule has 1 amide bonds. The van der Waals surface area contributed by atoms with Crippen LogP contribution in [0.1, 0.15) is 5.76 Å². The summed E-state index contributed by atoms with van der Waals surface area (Å²) in [5, 5.41) is 11.8. The molecule has 1 N–H and O–H groups in total. The Morgan fingerprint density at radius 1 is 1.07 bits per heavy atom. The van der Waals surface area contributed by atoms with Crippen LogP contribution in [-0.4, -0.2) is 11.7 Å². The third-order valence-electron chi connectivity index (χ3n) is 3.74. The maximum absolute atomic E-state index is 13.0. The van der Waals surface area contributed by atoms with Crippen LogP contribution in [0.5, 0.6) is 0 Å². The Balaban J connectivity index is 1.72. The summed E-state index contributed by atoms with van der Waals surface area (Å²) in [6, 6.07) is 16.6. The van der Waals surface area contributed by atoms with Crippen molar-refractivity contribution in [2.24, 2.45) is 0 Å². The molecule has 0 aliphatic rings. The molecule has 2 aromatic carbocycles. The zero-order valence-electron chi connectivity index (χ0n) is 14.7. The molecule has 146 valence electrons.